The van der Waals surface area contributed by atoms with Crippen molar-refractivity contribution in [3.63, 3.8) is 0 Å². The second-order valence-electron chi connectivity index (χ2n) is 6.11. The first kappa shape index (κ1) is 16.4. The fourth-order valence-corrected chi connectivity index (χ4v) is 3.74. The molecule has 25 heavy (non-hydrogen) atoms. The molecule has 0 amide bonds. The monoisotopic (exact) mass is 356 g/mol. The van der Waals surface area contributed by atoms with Crippen LogP contribution in [0.1, 0.15) is 23.6 Å². The first-order valence-electron chi connectivity index (χ1n) is 8.47. The van der Waals surface area contributed by atoms with Crippen molar-refractivity contribution in [2.24, 2.45) is 0 Å². The van der Waals surface area contributed by atoms with E-state index >= 15 is 0 Å². The van der Waals surface area contributed by atoms with E-state index in [1.807, 2.05) is 18.2 Å². The van der Waals surface area contributed by atoms with Gasteiger partial charge < -0.3 is 9.26 Å². The highest BCUT2D eigenvalue weighted by Crippen LogP contribution is 2.19. The first-order chi connectivity index (χ1) is 12.4. The van der Waals surface area contributed by atoms with Gasteiger partial charge in [0.15, 0.2) is 0 Å². The molecule has 1 unspecified atom stereocenters. The highest BCUT2D eigenvalue weighted by Gasteiger charge is 2.21. The van der Waals surface area contributed by atoms with Crippen LogP contribution in [0.5, 0.6) is 0 Å². The lowest BCUT2D eigenvalue weighted by atomic mass is 10.2. The van der Waals surface area contributed by atoms with Crippen molar-refractivity contribution in [2.45, 2.75) is 32.0 Å². The molecule has 0 bridgehead atoms. The van der Waals surface area contributed by atoms with E-state index in [1.54, 1.807) is 17.5 Å². The van der Waals surface area contributed by atoms with Crippen LogP contribution in [0.4, 0.5) is 0 Å². The molecule has 4 rings (SSSR count). The Morgan fingerprint density at radius 3 is 2.96 bits per heavy atom. The van der Waals surface area contributed by atoms with Crippen LogP contribution in [0.2, 0.25) is 0 Å². The molecule has 4 heterocycles. The Morgan fingerprint density at radius 1 is 1.20 bits per heavy atom. The lowest BCUT2D eigenvalue weighted by Crippen LogP contribution is -2.31. The molecular formula is C18H20N4O2S. The Bertz CT molecular complexity index is 769. The third kappa shape index (κ3) is 4.31. The van der Waals surface area contributed by atoms with E-state index in [9.17, 15) is 0 Å². The van der Waals surface area contributed by atoms with Crippen molar-refractivity contribution in [3.05, 3.63) is 52.7 Å². The molecule has 1 aliphatic heterocycles. The molecular weight excluding hydrogens is 336 g/mol. The molecule has 3 aromatic rings. The molecule has 0 N–H and O–H groups in total. The van der Waals surface area contributed by atoms with E-state index in [0.29, 0.717) is 18.3 Å². The van der Waals surface area contributed by atoms with Gasteiger partial charge in [-0.1, -0.05) is 17.3 Å². The molecule has 1 aliphatic rings. The summed E-state index contributed by atoms with van der Waals surface area (Å²) in [6, 6.07) is 9.90. The van der Waals surface area contributed by atoms with Crippen LogP contribution in [-0.2, 0) is 17.8 Å². The number of pyridine rings is 1. The van der Waals surface area contributed by atoms with Crippen molar-refractivity contribution >= 4 is 11.3 Å². The predicted octanol–water partition coefficient (Wildman–Crippen LogP) is 3.37. The summed E-state index contributed by atoms with van der Waals surface area (Å²) >= 11 is 1.76. The van der Waals surface area contributed by atoms with Crippen molar-refractivity contribution in [2.75, 3.05) is 13.2 Å². The van der Waals surface area contributed by atoms with Gasteiger partial charge in [0.05, 0.1) is 12.6 Å². The zero-order chi connectivity index (χ0) is 16.9. The third-order valence-corrected chi connectivity index (χ3v) is 5.03. The van der Waals surface area contributed by atoms with Gasteiger partial charge in [-0.2, -0.15) is 4.98 Å². The maximum Gasteiger partial charge on any atom is 0.241 e. The Kier molecular flexibility index (Phi) is 5.15. The van der Waals surface area contributed by atoms with Gasteiger partial charge in [-0.3, -0.25) is 9.88 Å². The third-order valence-electron chi connectivity index (χ3n) is 4.17. The Labute approximate surface area is 150 Å². The van der Waals surface area contributed by atoms with E-state index in [-0.39, 0.29) is 6.10 Å². The smallest absolute Gasteiger partial charge is 0.241 e. The van der Waals surface area contributed by atoms with Crippen LogP contribution < -0.4 is 0 Å². The normalized spacial score (nSPS) is 17.4. The Morgan fingerprint density at radius 2 is 2.20 bits per heavy atom. The standard InChI is InChI=1S/C18H20N4O2S/c1-2-8-19-16(7-1)18-20-17(24-21-18)13-22(11-14-5-3-9-23-14)12-15-6-4-10-25-15/h1-2,4,6-8,10,14H,3,5,9,11-13H2. The summed E-state index contributed by atoms with van der Waals surface area (Å²) in [5, 5.41) is 6.17. The lowest BCUT2D eigenvalue weighted by molar-refractivity contribution is 0.0644. The summed E-state index contributed by atoms with van der Waals surface area (Å²) < 4.78 is 11.3. The highest BCUT2D eigenvalue weighted by molar-refractivity contribution is 7.09. The van der Waals surface area contributed by atoms with Gasteiger partial charge >= 0.3 is 0 Å². The zero-order valence-electron chi connectivity index (χ0n) is 13.9. The van der Waals surface area contributed by atoms with E-state index < -0.39 is 0 Å². The topological polar surface area (TPSA) is 64.3 Å². The molecule has 130 valence electrons. The second kappa shape index (κ2) is 7.86. The predicted molar refractivity (Wildman–Crippen MR) is 94.9 cm³/mol. The lowest BCUT2D eigenvalue weighted by Gasteiger charge is -2.23. The van der Waals surface area contributed by atoms with Crippen LogP contribution in [0, 0.1) is 0 Å². The average molecular weight is 356 g/mol. The summed E-state index contributed by atoms with van der Waals surface area (Å²) in [5.74, 6) is 1.14. The Balaban J connectivity index is 1.46. The van der Waals surface area contributed by atoms with E-state index in [0.717, 1.165) is 38.2 Å². The van der Waals surface area contributed by atoms with Gasteiger partial charge in [-0.15, -0.1) is 11.3 Å². The molecule has 0 saturated carbocycles. The van der Waals surface area contributed by atoms with Crippen LogP contribution in [0.3, 0.4) is 0 Å². The van der Waals surface area contributed by atoms with E-state index in [4.69, 9.17) is 9.26 Å². The summed E-state index contributed by atoms with van der Waals surface area (Å²) in [7, 11) is 0. The van der Waals surface area contributed by atoms with Crippen molar-refractivity contribution in [3.8, 4) is 11.5 Å². The largest absolute Gasteiger partial charge is 0.377 e. The number of aromatic nitrogens is 3. The molecule has 1 saturated heterocycles. The second-order valence-corrected chi connectivity index (χ2v) is 7.14. The molecule has 1 atom stereocenters. The fraction of sp³-hybridized carbons (Fsp3) is 0.389. The first-order valence-corrected chi connectivity index (χ1v) is 9.35. The number of rotatable bonds is 7. The molecule has 0 aromatic carbocycles. The molecule has 0 aliphatic carbocycles. The number of hydrogen-bond acceptors (Lipinski definition) is 7. The SMILES string of the molecule is c1ccc(-c2noc(CN(Cc3cccs3)CC3CCCO3)n2)nc1. The number of ether oxygens (including phenoxy) is 1. The molecule has 6 nitrogen and oxygen atoms in total. The Hall–Kier alpha value is -2.09. The van der Waals surface area contributed by atoms with Gasteiger partial charge in [0.2, 0.25) is 11.7 Å². The minimum absolute atomic E-state index is 0.290. The van der Waals surface area contributed by atoms with Crippen molar-refractivity contribution < 1.29 is 9.26 Å². The van der Waals surface area contributed by atoms with Crippen molar-refractivity contribution in [1.82, 2.24) is 20.0 Å². The van der Waals surface area contributed by atoms with Crippen LogP contribution in [0.15, 0.2) is 46.4 Å². The summed E-state index contributed by atoms with van der Waals surface area (Å²) in [4.78, 5) is 12.4. The number of thiophene rings is 1. The summed E-state index contributed by atoms with van der Waals surface area (Å²) in [6.07, 6.45) is 4.27. The van der Waals surface area contributed by atoms with Crippen LogP contribution >= 0.6 is 11.3 Å². The van der Waals surface area contributed by atoms with Gasteiger partial charge in [-0.25, -0.2) is 0 Å². The highest BCUT2D eigenvalue weighted by atomic mass is 32.1. The molecule has 0 radical (unpaired) electrons. The van der Waals surface area contributed by atoms with E-state index in [2.05, 4.69) is 37.5 Å². The maximum atomic E-state index is 5.80. The molecule has 1 fully saturated rings. The van der Waals surface area contributed by atoms with Gasteiger partial charge in [0.25, 0.3) is 0 Å². The van der Waals surface area contributed by atoms with Crippen LogP contribution in [0.25, 0.3) is 11.5 Å². The molecule has 7 heteroatoms. The van der Waals surface area contributed by atoms with Crippen molar-refractivity contribution in [1.29, 1.82) is 0 Å². The molecule has 3 aromatic heterocycles. The summed E-state index contributed by atoms with van der Waals surface area (Å²) in [5.41, 5.74) is 0.724. The average Bonchev–Trinajstić information content (AvgIpc) is 3.38. The fourth-order valence-electron chi connectivity index (χ4n) is 2.99. The van der Waals surface area contributed by atoms with Crippen LogP contribution in [-0.4, -0.2) is 39.3 Å². The summed E-state index contributed by atoms with van der Waals surface area (Å²) in [6.45, 7) is 3.21. The minimum Gasteiger partial charge on any atom is -0.377 e. The van der Waals surface area contributed by atoms with E-state index in [1.165, 1.54) is 4.88 Å². The zero-order valence-corrected chi connectivity index (χ0v) is 14.7. The van der Waals surface area contributed by atoms with Gasteiger partial charge in [-0.05, 0) is 36.4 Å². The van der Waals surface area contributed by atoms with Gasteiger partial charge in [0.1, 0.15) is 5.69 Å². The quantitative estimate of drug-likeness (QED) is 0.647. The number of hydrogen-bond donors (Lipinski definition) is 0. The number of nitrogens with zero attached hydrogens (tertiary/aromatic N) is 4. The minimum atomic E-state index is 0.290. The maximum absolute atomic E-state index is 5.80. The van der Waals surface area contributed by atoms with Gasteiger partial charge in [0, 0.05) is 30.8 Å². The molecule has 0 spiro atoms.